The normalized spacial score (nSPS) is 12.4. The highest BCUT2D eigenvalue weighted by atomic mass is 27.0. The largest absolute Gasteiger partial charge is 0.299 e. The Balaban J connectivity index is -0.000000240. The summed E-state index contributed by atoms with van der Waals surface area (Å²) in [6.07, 6.45) is 0.187. The molecule has 0 heterocycles. The predicted molar refractivity (Wildman–Crippen MR) is 171 cm³/mol. The SMILES string of the molecule is CC(C)(C)C(=O)CC(=O)C(C)(C)C.CC(C)(C)C(=O)CC(=O)C(C)(C)C.CC(C)(C)C(=O)CC(=O)C(C)(C)C.[AlH3]. The molecule has 0 aliphatic rings. The van der Waals surface area contributed by atoms with Gasteiger partial charge in [0.05, 0.1) is 19.3 Å². The highest BCUT2D eigenvalue weighted by molar-refractivity contribution is 6.04. The van der Waals surface area contributed by atoms with Gasteiger partial charge in [0, 0.05) is 32.5 Å². The number of carbonyl (C=O) groups is 6. The molecule has 0 fully saturated rings. The van der Waals surface area contributed by atoms with Crippen molar-refractivity contribution in [3.63, 3.8) is 0 Å². The maximum absolute atomic E-state index is 11.5. The van der Waals surface area contributed by atoms with Crippen LogP contribution in [0.2, 0.25) is 0 Å². The average molecular weight is 583 g/mol. The van der Waals surface area contributed by atoms with Crippen molar-refractivity contribution in [2.75, 3.05) is 0 Å². The first-order valence-corrected chi connectivity index (χ1v) is 13.8. The zero-order valence-corrected chi connectivity index (χ0v) is 28.6. The van der Waals surface area contributed by atoms with Gasteiger partial charge in [0.15, 0.2) is 17.4 Å². The average Bonchev–Trinajstić information content (AvgIpc) is 2.64. The van der Waals surface area contributed by atoms with Gasteiger partial charge in [-0.05, 0) is 0 Å². The van der Waals surface area contributed by atoms with E-state index in [1.165, 1.54) is 0 Å². The molecule has 0 amide bonds. The molecule has 0 saturated heterocycles. The molecule has 7 heteroatoms. The predicted octanol–water partition coefficient (Wildman–Crippen LogP) is 6.64. The third-order valence-corrected chi connectivity index (χ3v) is 5.98. The molecule has 0 saturated carbocycles. The molecule has 40 heavy (non-hydrogen) atoms. The molecule has 0 aliphatic heterocycles. The minimum Gasteiger partial charge on any atom is -0.299 e. The monoisotopic (exact) mass is 582 g/mol. The van der Waals surface area contributed by atoms with E-state index >= 15 is 0 Å². The van der Waals surface area contributed by atoms with E-state index in [9.17, 15) is 28.8 Å². The van der Waals surface area contributed by atoms with E-state index < -0.39 is 32.5 Å². The van der Waals surface area contributed by atoms with Gasteiger partial charge in [0.25, 0.3) is 0 Å². The number of rotatable bonds is 6. The number of ketones is 6. The number of carbonyl (C=O) groups excluding carboxylic acids is 6. The zero-order chi connectivity index (χ0) is 32.6. The molecule has 6 nitrogen and oxygen atoms in total. The Hall–Kier alpha value is -1.45. The topological polar surface area (TPSA) is 102 Å². The van der Waals surface area contributed by atoms with Crippen LogP contribution in [0.15, 0.2) is 0 Å². The summed E-state index contributed by atoms with van der Waals surface area (Å²) < 4.78 is 0. The van der Waals surface area contributed by atoms with E-state index in [1.807, 2.05) is 125 Å². The Kier molecular flexibility index (Phi) is 18.5. The standard InChI is InChI=1S/3C11H20O2.Al.3H/c3*1-10(2,3)8(12)7-9(13)11(4,5)6;;;;/h3*7H2,1-6H3;;;;. The summed E-state index contributed by atoms with van der Waals surface area (Å²) in [7, 11) is 0. The minimum atomic E-state index is -0.402. The first-order valence-electron chi connectivity index (χ1n) is 13.8. The molecular weight excluding hydrogens is 519 g/mol. The van der Waals surface area contributed by atoms with Gasteiger partial charge in [-0.1, -0.05) is 125 Å². The van der Waals surface area contributed by atoms with Crippen molar-refractivity contribution in [1.29, 1.82) is 0 Å². The van der Waals surface area contributed by atoms with E-state index in [0.717, 1.165) is 0 Å². The maximum atomic E-state index is 11.5. The molecule has 0 atom stereocenters. The van der Waals surface area contributed by atoms with Crippen LogP contribution in [0.3, 0.4) is 0 Å². The van der Waals surface area contributed by atoms with Crippen LogP contribution in [-0.4, -0.2) is 52.1 Å². The van der Waals surface area contributed by atoms with E-state index in [1.54, 1.807) is 0 Å². The van der Waals surface area contributed by atoms with Crippen LogP contribution in [0.25, 0.3) is 0 Å². The lowest BCUT2D eigenvalue weighted by Gasteiger charge is -2.20. The molecule has 0 rings (SSSR count). The Bertz CT molecular complexity index is 693. The van der Waals surface area contributed by atoms with Crippen molar-refractivity contribution in [3.05, 3.63) is 0 Å². The van der Waals surface area contributed by atoms with Crippen molar-refractivity contribution in [2.45, 2.75) is 144 Å². The highest BCUT2D eigenvalue weighted by Crippen LogP contribution is 2.24. The Morgan fingerprint density at radius 3 is 0.400 bits per heavy atom. The van der Waals surface area contributed by atoms with E-state index in [-0.39, 0.29) is 71.3 Å². The van der Waals surface area contributed by atoms with Crippen LogP contribution in [0.5, 0.6) is 0 Å². The molecule has 0 radical (unpaired) electrons. The summed E-state index contributed by atoms with van der Waals surface area (Å²) in [5, 5.41) is 0. The van der Waals surface area contributed by atoms with Crippen molar-refractivity contribution >= 4 is 52.1 Å². The van der Waals surface area contributed by atoms with Gasteiger partial charge in [-0.2, -0.15) is 0 Å². The molecule has 0 aliphatic carbocycles. The summed E-state index contributed by atoms with van der Waals surface area (Å²) >= 11 is 0. The molecule has 0 unspecified atom stereocenters. The second-order valence-corrected chi connectivity index (χ2v) is 16.6. The lowest BCUT2D eigenvalue weighted by molar-refractivity contribution is -0.136. The minimum absolute atomic E-state index is 0. The molecule has 0 spiro atoms. The maximum Gasteiger partial charge on any atom is 0.187 e. The van der Waals surface area contributed by atoms with Crippen molar-refractivity contribution < 1.29 is 28.8 Å². The number of Topliss-reactive ketones (excluding diaryl/α,β-unsaturated/α-hetero) is 6. The molecule has 0 aromatic heterocycles. The third kappa shape index (κ3) is 21.3. The summed E-state index contributed by atoms with van der Waals surface area (Å²) in [4.78, 5) is 69.0. The fourth-order valence-corrected chi connectivity index (χ4v) is 2.03. The quantitative estimate of drug-likeness (QED) is 0.257. The van der Waals surface area contributed by atoms with Crippen molar-refractivity contribution in [2.24, 2.45) is 32.5 Å². The Labute approximate surface area is 256 Å². The fourth-order valence-electron chi connectivity index (χ4n) is 2.03. The first kappa shape index (κ1) is 45.5. The van der Waals surface area contributed by atoms with Crippen LogP contribution in [0.1, 0.15) is 144 Å². The lowest BCUT2D eigenvalue weighted by atomic mass is 9.82. The van der Waals surface area contributed by atoms with E-state index in [2.05, 4.69) is 0 Å². The van der Waals surface area contributed by atoms with Gasteiger partial charge >= 0.3 is 0 Å². The van der Waals surface area contributed by atoms with Crippen LogP contribution < -0.4 is 0 Å². The van der Waals surface area contributed by atoms with E-state index in [0.29, 0.717) is 0 Å². The summed E-state index contributed by atoms with van der Waals surface area (Å²) in [5.74, 6) is 0.125. The van der Waals surface area contributed by atoms with Gasteiger partial charge in [0.1, 0.15) is 34.7 Å². The van der Waals surface area contributed by atoms with Crippen LogP contribution in [0, 0.1) is 32.5 Å². The number of hydrogen-bond donors (Lipinski definition) is 0. The Morgan fingerprint density at radius 1 is 0.275 bits per heavy atom. The summed E-state index contributed by atoms with van der Waals surface area (Å²) in [6.45, 7) is 33.1. The Morgan fingerprint density at radius 2 is 0.350 bits per heavy atom. The molecule has 234 valence electrons. The third-order valence-electron chi connectivity index (χ3n) is 5.98. The highest BCUT2D eigenvalue weighted by Gasteiger charge is 2.31. The van der Waals surface area contributed by atoms with Gasteiger partial charge in [-0.25, -0.2) is 0 Å². The zero-order valence-electron chi connectivity index (χ0n) is 28.6. The van der Waals surface area contributed by atoms with Crippen LogP contribution in [0.4, 0.5) is 0 Å². The van der Waals surface area contributed by atoms with Crippen molar-refractivity contribution in [3.8, 4) is 0 Å². The van der Waals surface area contributed by atoms with Gasteiger partial charge in [0.2, 0.25) is 0 Å². The second-order valence-electron chi connectivity index (χ2n) is 16.6. The first-order chi connectivity index (χ1) is 16.6. The van der Waals surface area contributed by atoms with Crippen LogP contribution >= 0.6 is 0 Å². The van der Waals surface area contributed by atoms with Gasteiger partial charge in [-0.15, -0.1) is 0 Å². The second kappa shape index (κ2) is 16.3. The molecule has 0 aromatic carbocycles. The number of hydrogen-bond acceptors (Lipinski definition) is 6. The molecule has 0 aromatic rings. The molecule has 0 bridgehead atoms. The van der Waals surface area contributed by atoms with Crippen LogP contribution in [-0.2, 0) is 28.8 Å². The lowest BCUT2D eigenvalue weighted by Crippen LogP contribution is -2.28. The summed E-state index contributed by atoms with van der Waals surface area (Å²) in [5.41, 5.74) is -2.41. The smallest absolute Gasteiger partial charge is 0.187 e. The molecule has 0 N–H and O–H groups in total. The van der Waals surface area contributed by atoms with Gasteiger partial charge < -0.3 is 0 Å². The van der Waals surface area contributed by atoms with E-state index in [4.69, 9.17) is 0 Å². The van der Waals surface area contributed by atoms with Gasteiger partial charge in [-0.3, -0.25) is 28.8 Å². The fraction of sp³-hybridized carbons (Fsp3) is 0.818. The summed E-state index contributed by atoms with van der Waals surface area (Å²) in [6, 6.07) is 0. The molecular formula is C33H63AlO6. The van der Waals surface area contributed by atoms with Crippen molar-refractivity contribution in [1.82, 2.24) is 0 Å².